The number of aliphatic imine (C=N–C) groups is 1. The van der Waals surface area contributed by atoms with Gasteiger partial charge in [0.2, 0.25) is 6.79 Å². The molecular formula is C31H32BrNO6. The number of carbonyl (C=O) groups excluding carboxylic acids is 2. The first kappa shape index (κ1) is 26.1. The third-order valence-electron chi connectivity index (χ3n) is 8.39. The Hall–Kier alpha value is -3.13. The summed E-state index contributed by atoms with van der Waals surface area (Å²) in [5.74, 6) is 0.508. The second-order valence-corrected chi connectivity index (χ2v) is 11.6. The van der Waals surface area contributed by atoms with Gasteiger partial charge in [-0.1, -0.05) is 34.5 Å². The summed E-state index contributed by atoms with van der Waals surface area (Å²) in [6, 6.07) is 11.6. The van der Waals surface area contributed by atoms with E-state index >= 15 is 0 Å². The van der Waals surface area contributed by atoms with Crippen molar-refractivity contribution < 1.29 is 28.5 Å². The summed E-state index contributed by atoms with van der Waals surface area (Å²) in [6.45, 7) is 2.02. The van der Waals surface area contributed by atoms with Gasteiger partial charge in [0, 0.05) is 33.8 Å². The Balaban J connectivity index is 1.40. The fourth-order valence-corrected chi connectivity index (χ4v) is 6.97. The summed E-state index contributed by atoms with van der Waals surface area (Å²) < 4.78 is 23.4. The summed E-state index contributed by atoms with van der Waals surface area (Å²) in [4.78, 5) is 32.7. The zero-order valence-electron chi connectivity index (χ0n) is 22.2. The number of hydrogen-bond acceptors (Lipinski definition) is 7. The number of Topliss-reactive ketones (excluding diaryl/α,β-unsaturated/α-hetero) is 1. The van der Waals surface area contributed by atoms with Gasteiger partial charge in [0.15, 0.2) is 17.3 Å². The zero-order chi connectivity index (χ0) is 27.1. The molecule has 4 aliphatic rings. The highest BCUT2D eigenvalue weighted by atomic mass is 79.9. The fraction of sp³-hybridized carbons (Fsp3) is 0.452. The van der Waals surface area contributed by atoms with Crippen molar-refractivity contribution in [3.8, 4) is 17.2 Å². The van der Waals surface area contributed by atoms with Crippen LogP contribution in [0.25, 0.3) is 0 Å². The molecule has 8 heteroatoms. The number of carbonyl (C=O) groups is 2. The van der Waals surface area contributed by atoms with Gasteiger partial charge in [-0.25, -0.2) is 0 Å². The molecule has 1 unspecified atom stereocenters. The number of ether oxygens (including phenoxy) is 4. The van der Waals surface area contributed by atoms with Crippen LogP contribution in [-0.4, -0.2) is 37.5 Å². The van der Waals surface area contributed by atoms with Gasteiger partial charge in [-0.2, -0.15) is 0 Å². The van der Waals surface area contributed by atoms with E-state index in [-0.39, 0.29) is 30.6 Å². The van der Waals surface area contributed by atoms with E-state index in [0.717, 1.165) is 52.7 Å². The molecule has 39 heavy (non-hydrogen) atoms. The van der Waals surface area contributed by atoms with Crippen LogP contribution in [0.15, 0.2) is 57.1 Å². The maximum absolute atomic E-state index is 14.0. The largest absolute Gasteiger partial charge is 0.497 e. The molecule has 204 valence electrons. The number of esters is 1. The summed E-state index contributed by atoms with van der Waals surface area (Å²) in [7, 11) is 1.64. The Labute approximate surface area is 236 Å². The Kier molecular flexibility index (Phi) is 7.23. The van der Waals surface area contributed by atoms with Crippen LogP contribution in [0.4, 0.5) is 0 Å². The SMILES string of the molecule is COc1ccc([C@@H]2CC(=O)C3=C(C2)N=C(C)C(C(=O)OC2CCCCC2)[C@@H]3c2cc3c(cc2Br)OCO3)cc1. The Morgan fingerprint density at radius 2 is 1.74 bits per heavy atom. The number of nitrogens with zero attached hydrogens (tertiary/aromatic N) is 1. The molecule has 2 aromatic rings. The highest BCUT2D eigenvalue weighted by Crippen LogP contribution is 2.50. The standard InChI is InChI=1S/C31H32BrNO6/c1-17-28(31(35)39-21-6-4-3-5-7-21)29(22-14-26-27(15-23(22)32)38-16-37-26)30-24(33-17)12-19(13-25(30)34)18-8-10-20(36-2)11-9-18/h8-11,14-15,19,21,28-29H,3-7,12-13,16H2,1-2H3/t19-,28?,29-/m0/s1. The maximum atomic E-state index is 14.0. The van der Waals surface area contributed by atoms with Gasteiger partial charge in [-0.3, -0.25) is 14.6 Å². The molecule has 2 aliphatic carbocycles. The molecule has 0 bridgehead atoms. The number of fused-ring (bicyclic) bond motifs is 1. The summed E-state index contributed by atoms with van der Waals surface area (Å²) >= 11 is 3.71. The summed E-state index contributed by atoms with van der Waals surface area (Å²) in [6.07, 6.45) is 5.94. The molecule has 6 rings (SSSR count). The van der Waals surface area contributed by atoms with Crippen molar-refractivity contribution in [3.63, 3.8) is 0 Å². The van der Waals surface area contributed by atoms with Gasteiger partial charge >= 0.3 is 5.97 Å². The molecule has 2 aliphatic heterocycles. The van der Waals surface area contributed by atoms with Gasteiger partial charge in [0.05, 0.1) is 7.11 Å². The van der Waals surface area contributed by atoms with Crippen molar-refractivity contribution >= 4 is 33.4 Å². The van der Waals surface area contributed by atoms with Crippen LogP contribution in [-0.2, 0) is 14.3 Å². The van der Waals surface area contributed by atoms with Crippen LogP contribution in [0.2, 0.25) is 0 Å². The Morgan fingerprint density at radius 1 is 1.03 bits per heavy atom. The number of ketones is 1. The smallest absolute Gasteiger partial charge is 0.315 e. The molecule has 7 nitrogen and oxygen atoms in total. The molecule has 1 saturated carbocycles. The average molecular weight is 595 g/mol. The van der Waals surface area contributed by atoms with Crippen LogP contribution in [0, 0.1) is 5.92 Å². The predicted octanol–water partition coefficient (Wildman–Crippen LogP) is 6.64. The van der Waals surface area contributed by atoms with Gasteiger partial charge in [0.25, 0.3) is 0 Å². The molecule has 0 spiro atoms. The van der Waals surface area contributed by atoms with Crippen molar-refractivity contribution in [2.24, 2.45) is 10.9 Å². The van der Waals surface area contributed by atoms with E-state index in [1.165, 1.54) is 6.42 Å². The summed E-state index contributed by atoms with van der Waals surface area (Å²) in [5, 5.41) is 0. The van der Waals surface area contributed by atoms with Crippen molar-refractivity contribution in [1.82, 2.24) is 0 Å². The first-order chi connectivity index (χ1) is 18.9. The molecule has 0 radical (unpaired) electrons. The molecule has 0 aromatic heterocycles. The van der Waals surface area contributed by atoms with Crippen LogP contribution in [0.3, 0.4) is 0 Å². The molecule has 3 atom stereocenters. The first-order valence-corrected chi connectivity index (χ1v) is 14.5. The quantitative estimate of drug-likeness (QED) is 0.361. The third kappa shape index (κ3) is 4.99. The highest BCUT2D eigenvalue weighted by molar-refractivity contribution is 9.10. The number of benzene rings is 2. The second kappa shape index (κ2) is 10.8. The highest BCUT2D eigenvalue weighted by Gasteiger charge is 2.46. The number of methoxy groups -OCH3 is 1. The third-order valence-corrected chi connectivity index (χ3v) is 9.08. The molecule has 0 saturated heterocycles. The van der Waals surface area contributed by atoms with Crippen LogP contribution >= 0.6 is 15.9 Å². The fourth-order valence-electron chi connectivity index (χ4n) is 6.40. The van der Waals surface area contributed by atoms with Crippen molar-refractivity contribution in [3.05, 3.63) is 63.3 Å². The minimum absolute atomic E-state index is 0.00490. The maximum Gasteiger partial charge on any atom is 0.315 e. The van der Waals surface area contributed by atoms with Crippen molar-refractivity contribution in [2.45, 2.75) is 69.8 Å². The van der Waals surface area contributed by atoms with Gasteiger partial charge in [-0.15, -0.1) is 0 Å². The van der Waals surface area contributed by atoms with Crippen molar-refractivity contribution in [2.75, 3.05) is 13.9 Å². The van der Waals surface area contributed by atoms with E-state index in [1.807, 2.05) is 43.3 Å². The van der Waals surface area contributed by atoms with E-state index in [1.54, 1.807) is 7.11 Å². The van der Waals surface area contributed by atoms with E-state index in [4.69, 9.17) is 23.9 Å². The number of rotatable bonds is 5. The summed E-state index contributed by atoms with van der Waals surface area (Å²) in [5.41, 5.74) is 3.91. The van der Waals surface area contributed by atoms with Crippen molar-refractivity contribution in [1.29, 1.82) is 0 Å². The van der Waals surface area contributed by atoms with E-state index in [9.17, 15) is 9.59 Å². The lowest BCUT2D eigenvalue weighted by Gasteiger charge is -2.37. The van der Waals surface area contributed by atoms with E-state index in [2.05, 4.69) is 15.9 Å². The molecule has 0 N–H and O–H groups in total. The normalized spacial score (nSPS) is 24.7. The molecule has 1 fully saturated rings. The lowest BCUT2D eigenvalue weighted by atomic mass is 9.69. The minimum atomic E-state index is -0.691. The first-order valence-electron chi connectivity index (χ1n) is 13.7. The molecular weight excluding hydrogens is 562 g/mol. The van der Waals surface area contributed by atoms with Crippen LogP contribution in [0.5, 0.6) is 17.2 Å². The van der Waals surface area contributed by atoms with E-state index < -0.39 is 11.8 Å². The number of allylic oxidation sites excluding steroid dienone is 2. The number of hydrogen-bond donors (Lipinski definition) is 0. The zero-order valence-corrected chi connectivity index (χ0v) is 23.8. The Morgan fingerprint density at radius 3 is 2.46 bits per heavy atom. The second-order valence-electron chi connectivity index (χ2n) is 10.8. The van der Waals surface area contributed by atoms with Gasteiger partial charge in [0.1, 0.15) is 17.8 Å². The predicted molar refractivity (Wildman–Crippen MR) is 150 cm³/mol. The lowest BCUT2D eigenvalue weighted by molar-refractivity contribution is -0.153. The van der Waals surface area contributed by atoms with Gasteiger partial charge < -0.3 is 18.9 Å². The monoisotopic (exact) mass is 593 g/mol. The van der Waals surface area contributed by atoms with Crippen LogP contribution in [0.1, 0.15) is 74.8 Å². The number of halogens is 1. The van der Waals surface area contributed by atoms with Crippen LogP contribution < -0.4 is 14.2 Å². The minimum Gasteiger partial charge on any atom is -0.497 e. The molecule has 2 heterocycles. The van der Waals surface area contributed by atoms with E-state index in [0.29, 0.717) is 35.6 Å². The lowest BCUT2D eigenvalue weighted by Crippen LogP contribution is -2.39. The van der Waals surface area contributed by atoms with Gasteiger partial charge in [-0.05, 0) is 80.3 Å². The molecule has 0 amide bonds. The molecule has 2 aromatic carbocycles. The average Bonchev–Trinajstić information content (AvgIpc) is 3.39. The Bertz CT molecular complexity index is 1360. The topological polar surface area (TPSA) is 83.4 Å².